The van der Waals surface area contributed by atoms with E-state index in [4.69, 9.17) is 9.15 Å². The van der Waals surface area contributed by atoms with Crippen LogP contribution < -0.4 is 0 Å². The van der Waals surface area contributed by atoms with E-state index < -0.39 is 0 Å². The van der Waals surface area contributed by atoms with Gasteiger partial charge in [-0.1, -0.05) is 102 Å². The van der Waals surface area contributed by atoms with E-state index in [1.54, 1.807) is 0 Å². The maximum Gasteiger partial charge on any atom is 0.230 e. The third-order valence-electron chi connectivity index (χ3n) is 6.93. The smallest absolute Gasteiger partial charge is 0.230 e. The Morgan fingerprint density at radius 3 is 1.97 bits per heavy atom. The first-order valence-electron chi connectivity index (χ1n) is 10.8. The van der Waals surface area contributed by atoms with E-state index in [0.717, 1.165) is 11.2 Å². The van der Waals surface area contributed by atoms with E-state index in [2.05, 4.69) is 108 Å². The molecule has 1 aliphatic carbocycles. The summed E-state index contributed by atoms with van der Waals surface area (Å²) in [5, 5.41) is 0. The topological polar surface area (TPSA) is 26.3 Å². The molecule has 1 heterocycles. The fraction of sp³-hybridized carbons (Fsp3) is 0.357. The zero-order valence-corrected chi connectivity index (χ0v) is 18.7. The molecular weight excluding hydrogens is 368 g/mol. The van der Waals surface area contributed by atoms with Gasteiger partial charge in [-0.15, -0.1) is 0 Å². The molecule has 0 spiro atoms. The summed E-state index contributed by atoms with van der Waals surface area (Å²) in [5.74, 6) is 0.275. The average Bonchev–Trinajstić information content (AvgIpc) is 2.65. The first kappa shape index (κ1) is 19.2. The van der Waals surface area contributed by atoms with Crippen LogP contribution in [0.1, 0.15) is 75.3 Å². The molecule has 0 saturated carbocycles. The van der Waals surface area contributed by atoms with Crippen molar-refractivity contribution in [2.24, 2.45) is 10.8 Å². The third kappa shape index (κ3) is 2.37. The van der Waals surface area contributed by atoms with Gasteiger partial charge in [0.25, 0.3) is 0 Å². The summed E-state index contributed by atoms with van der Waals surface area (Å²) in [6.07, 6.45) is 0. The largest absolute Gasteiger partial charge is 0.286 e. The first-order valence-corrected chi connectivity index (χ1v) is 10.8. The normalized spacial score (nSPS) is 21.5. The molecule has 0 amide bonds. The van der Waals surface area contributed by atoms with Crippen molar-refractivity contribution in [1.82, 2.24) is 0 Å². The van der Waals surface area contributed by atoms with Crippen molar-refractivity contribution in [3.05, 3.63) is 94.5 Å². The van der Waals surface area contributed by atoms with Crippen LogP contribution in [-0.4, -0.2) is 0 Å². The van der Waals surface area contributed by atoms with Crippen molar-refractivity contribution in [1.29, 1.82) is 0 Å². The summed E-state index contributed by atoms with van der Waals surface area (Å²) in [6.45, 7) is 14.0. The molecule has 1 aromatic heterocycles. The van der Waals surface area contributed by atoms with Gasteiger partial charge in [-0.3, -0.25) is 9.15 Å². The molecule has 0 aliphatic heterocycles. The number of hydrogen-bond donors (Lipinski definition) is 0. The van der Waals surface area contributed by atoms with Crippen LogP contribution >= 0.6 is 0 Å². The predicted octanol–water partition coefficient (Wildman–Crippen LogP) is 7.90. The zero-order chi connectivity index (χ0) is 21.3. The van der Waals surface area contributed by atoms with Crippen molar-refractivity contribution in [3.63, 3.8) is 0 Å². The Hall–Kier alpha value is -2.74. The van der Waals surface area contributed by atoms with Crippen LogP contribution in [0.5, 0.6) is 0 Å². The van der Waals surface area contributed by atoms with Crippen LogP contribution in [0.4, 0.5) is 0 Å². The molecule has 154 valence electrons. The maximum atomic E-state index is 5.72. The van der Waals surface area contributed by atoms with Gasteiger partial charge in [-0.2, -0.15) is 0 Å². The highest BCUT2D eigenvalue weighted by Crippen LogP contribution is 2.62. The van der Waals surface area contributed by atoms with Gasteiger partial charge in [-0.25, -0.2) is 0 Å². The van der Waals surface area contributed by atoms with Gasteiger partial charge >= 0.3 is 0 Å². The van der Waals surface area contributed by atoms with Crippen LogP contribution in [0.25, 0.3) is 11.2 Å². The summed E-state index contributed by atoms with van der Waals surface area (Å²) in [7, 11) is 0. The molecule has 0 bridgehead atoms. The summed E-state index contributed by atoms with van der Waals surface area (Å²) in [6, 6.07) is 24.3. The molecule has 1 aliphatic rings. The van der Waals surface area contributed by atoms with Crippen LogP contribution in [0, 0.1) is 10.8 Å². The van der Waals surface area contributed by atoms with E-state index in [-0.39, 0.29) is 22.2 Å². The minimum absolute atomic E-state index is 0.0599. The minimum Gasteiger partial charge on any atom is -0.286 e. The third-order valence-corrected chi connectivity index (χ3v) is 6.93. The molecular formula is C28H30O2. The molecule has 3 aromatic carbocycles. The van der Waals surface area contributed by atoms with E-state index >= 15 is 0 Å². The molecule has 2 atom stereocenters. The summed E-state index contributed by atoms with van der Waals surface area (Å²) >= 11 is 0. The fourth-order valence-corrected chi connectivity index (χ4v) is 5.93. The molecule has 2 heteroatoms. The van der Waals surface area contributed by atoms with Crippen LogP contribution in [0.3, 0.4) is 0 Å². The van der Waals surface area contributed by atoms with Crippen molar-refractivity contribution in [2.75, 3.05) is 0 Å². The highest BCUT2D eigenvalue weighted by atomic mass is 17.0. The Labute approximate surface area is 178 Å². The second-order valence-electron chi connectivity index (χ2n) is 10.8. The number of fused-ring (bicyclic) bond motifs is 4. The van der Waals surface area contributed by atoms with Gasteiger partial charge in [0.15, 0.2) is 0 Å². The Kier molecular flexibility index (Phi) is 3.93. The quantitative estimate of drug-likeness (QED) is 0.305. The van der Waals surface area contributed by atoms with Gasteiger partial charge in [-0.05, 0) is 39.2 Å². The van der Waals surface area contributed by atoms with E-state index in [0.29, 0.717) is 0 Å². The number of rotatable bonds is 1. The lowest BCUT2D eigenvalue weighted by Crippen LogP contribution is -2.47. The van der Waals surface area contributed by atoms with Gasteiger partial charge in [0.1, 0.15) is 0 Å². The van der Waals surface area contributed by atoms with Crippen LogP contribution in [-0.2, 0) is 5.41 Å². The van der Waals surface area contributed by atoms with Gasteiger partial charge in [0, 0.05) is 11.5 Å². The summed E-state index contributed by atoms with van der Waals surface area (Å²) in [4.78, 5) is 0. The highest BCUT2D eigenvalue weighted by molar-refractivity contribution is 5.83. The molecule has 2 unspecified atom stereocenters. The van der Waals surface area contributed by atoms with Crippen molar-refractivity contribution in [2.45, 2.75) is 52.9 Å². The van der Waals surface area contributed by atoms with Crippen molar-refractivity contribution in [3.8, 4) is 0 Å². The van der Waals surface area contributed by atoms with E-state index in [1.165, 1.54) is 27.8 Å². The molecule has 5 rings (SSSR count). The Morgan fingerprint density at radius 1 is 0.700 bits per heavy atom. The van der Waals surface area contributed by atoms with Crippen LogP contribution in [0.15, 0.2) is 75.9 Å². The molecule has 30 heavy (non-hydrogen) atoms. The zero-order valence-electron chi connectivity index (χ0n) is 18.7. The number of benzene rings is 3. The first-order chi connectivity index (χ1) is 14.2. The lowest BCUT2D eigenvalue weighted by molar-refractivity contribution is 0.0558. The molecule has 0 fully saturated rings. The average molecular weight is 399 g/mol. The molecule has 2 nitrogen and oxygen atoms in total. The lowest BCUT2D eigenvalue weighted by Gasteiger charge is -2.53. The highest BCUT2D eigenvalue weighted by Gasteiger charge is 2.55. The molecule has 0 N–H and O–H groups in total. The Morgan fingerprint density at radius 2 is 1.37 bits per heavy atom. The minimum atomic E-state index is -0.350. The predicted molar refractivity (Wildman–Crippen MR) is 122 cm³/mol. The van der Waals surface area contributed by atoms with E-state index in [1.807, 2.05) is 0 Å². The molecule has 4 aromatic rings. The van der Waals surface area contributed by atoms with Crippen LogP contribution in [0.2, 0.25) is 0 Å². The van der Waals surface area contributed by atoms with Gasteiger partial charge in [0.2, 0.25) is 11.2 Å². The lowest BCUT2D eigenvalue weighted by atomic mass is 9.49. The Balaban J connectivity index is 2.03. The van der Waals surface area contributed by atoms with Crippen molar-refractivity contribution < 1.29 is 9.15 Å². The van der Waals surface area contributed by atoms with Gasteiger partial charge in [0.05, 0.1) is 5.41 Å². The summed E-state index contributed by atoms with van der Waals surface area (Å²) < 4.78 is 11.1. The standard InChI is InChI=1S/C28H30O2/c1-26(2,3)23-19-14-10-11-15-21(19)28(27(4,5)6,18-12-8-7-9-13-18)24-20(23)16-17-22-25(24)30-29-22/h7-17,23H,1-6H3. The van der Waals surface area contributed by atoms with Gasteiger partial charge < -0.3 is 0 Å². The number of hydrogen-bond acceptors (Lipinski definition) is 2. The monoisotopic (exact) mass is 398 g/mol. The second-order valence-corrected chi connectivity index (χ2v) is 10.8. The molecule has 0 saturated heterocycles. The summed E-state index contributed by atoms with van der Waals surface area (Å²) in [5.41, 5.74) is 8.04. The second kappa shape index (κ2) is 6.14. The fourth-order valence-electron chi connectivity index (χ4n) is 5.93. The molecule has 0 radical (unpaired) electrons. The maximum absolute atomic E-state index is 5.72. The van der Waals surface area contributed by atoms with Crippen molar-refractivity contribution >= 4 is 11.2 Å². The SMILES string of the molecule is CC(C)(C)C1c2ccccc2C(c2ccccc2)(C(C)(C)C)c2c1ccc1ooc21. The Bertz CT molecular complexity index is 1210. The van der Waals surface area contributed by atoms with E-state index in [9.17, 15) is 0 Å².